The molecule has 2 heterocycles. The van der Waals surface area contributed by atoms with Crippen molar-refractivity contribution in [2.24, 2.45) is 0 Å². The molecule has 2 aromatic rings. The smallest absolute Gasteiger partial charge is 0.339 e. The highest BCUT2D eigenvalue weighted by Gasteiger charge is 2.30. The number of aromatic nitrogens is 3. The summed E-state index contributed by atoms with van der Waals surface area (Å²) < 4.78 is 4.84. The van der Waals surface area contributed by atoms with Crippen LogP contribution in [-0.4, -0.2) is 28.0 Å². The molecule has 0 spiro atoms. The Morgan fingerprint density at radius 2 is 2.04 bits per heavy atom. The first kappa shape index (κ1) is 15.4. The summed E-state index contributed by atoms with van der Waals surface area (Å²) in [5.74, 6) is 1.58. The van der Waals surface area contributed by atoms with Crippen LogP contribution in [0.2, 0.25) is 0 Å². The highest BCUT2D eigenvalue weighted by Crippen LogP contribution is 2.40. The third kappa shape index (κ3) is 3.64. The molecule has 1 saturated carbocycles. The lowest BCUT2D eigenvalue weighted by Crippen LogP contribution is -2.11. The number of pyridine rings is 1. The molecule has 1 fully saturated rings. The molecular formula is C17H20N4O2. The number of rotatable bonds is 5. The van der Waals surface area contributed by atoms with Crippen LogP contribution in [0, 0.1) is 13.8 Å². The average molecular weight is 312 g/mol. The molecule has 3 rings (SSSR count). The van der Waals surface area contributed by atoms with E-state index >= 15 is 0 Å². The van der Waals surface area contributed by atoms with Crippen LogP contribution >= 0.6 is 0 Å². The van der Waals surface area contributed by atoms with Gasteiger partial charge in [-0.15, -0.1) is 0 Å². The molecule has 0 amide bonds. The Hall–Kier alpha value is -2.50. The fourth-order valence-corrected chi connectivity index (χ4v) is 2.55. The maximum absolute atomic E-state index is 11.8. The number of anilines is 1. The van der Waals surface area contributed by atoms with E-state index in [1.807, 2.05) is 26.0 Å². The van der Waals surface area contributed by atoms with Crippen LogP contribution in [-0.2, 0) is 11.3 Å². The van der Waals surface area contributed by atoms with Gasteiger partial charge in [0.15, 0.2) is 0 Å². The molecule has 120 valence electrons. The summed E-state index contributed by atoms with van der Waals surface area (Å²) >= 11 is 0. The first-order chi connectivity index (χ1) is 11.1. The second-order valence-corrected chi connectivity index (χ2v) is 5.80. The minimum absolute atomic E-state index is 0.319. The normalized spacial score (nSPS) is 13.7. The molecule has 2 aromatic heterocycles. The fraction of sp³-hybridized carbons (Fsp3) is 0.412. The number of nitrogens with zero attached hydrogens (tertiary/aromatic N) is 3. The van der Waals surface area contributed by atoms with Crippen molar-refractivity contribution in [3.8, 4) is 0 Å². The second-order valence-electron chi connectivity index (χ2n) is 5.80. The van der Waals surface area contributed by atoms with Gasteiger partial charge in [-0.05, 0) is 38.8 Å². The minimum Gasteiger partial charge on any atom is -0.465 e. The lowest BCUT2D eigenvalue weighted by Gasteiger charge is -2.10. The Morgan fingerprint density at radius 3 is 2.70 bits per heavy atom. The van der Waals surface area contributed by atoms with Gasteiger partial charge in [0.25, 0.3) is 0 Å². The molecule has 0 atom stereocenters. The van der Waals surface area contributed by atoms with E-state index in [0.717, 1.165) is 41.6 Å². The topological polar surface area (TPSA) is 77.0 Å². The molecule has 0 aliphatic heterocycles. The molecule has 0 unspecified atom stereocenters. The first-order valence-electron chi connectivity index (χ1n) is 7.71. The lowest BCUT2D eigenvalue weighted by molar-refractivity contribution is 0.0598. The lowest BCUT2D eigenvalue weighted by atomic mass is 10.1. The van der Waals surface area contributed by atoms with Crippen molar-refractivity contribution in [2.75, 3.05) is 12.4 Å². The average Bonchev–Trinajstić information content (AvgIpc) is 3.36. The monoisotopic (exact) mass is 312 g/mol. The summed E-state index contributed by atoms with van der Waals surface area (Å²) in [7, 11) is 1.40. The third-order valence-corrected chi connectivity index (χ3v) is 3.77. The number of carbonyl (C=O) groups excluding carboxylic acids is 1. The summed E-state index contributed by atoms with van der Waals surface area (Å²) in [6.07, 6.45) is 2.16. The van der Waals surface area contributed by atoms with Crippen LogP contribution in [0.15, 0.2) is 18.2 Å². The number of esters is 1. The first-order valence-corrected chi connectivity index (χ1v) is 7.71. The molecule has 0 bridgehead atoms. The van der Waals surface area contributed by atoms with Crippen LogP contribution in [0.4, 0.5) is 5.82 Å². The zero-order valence-electron chi connectivity index (χ0n) is 13.6. The zero-order valence-corrected chi connectivity index (χ0v) is 13.6. The molecular weight excluding hydrogens is 292 g/mol. The van der Waals surface area contributed by atoms with E-state index in [2.05, 4.69) is 20.3 Å². The maximum atomic E-state index is 11.8. The summed E-state index contributed by atoms with van der Waals surface area (Å²) in [4.78, 5) is 25.1. The van der Waals surface area contributed by atoms with Gasteiger partial charge in [0, 0.05) is 17.7 Å². The molecule has 0 radical (unpaired) electrons. The van der Waals surface area contributed by atoms with Gasteiger partial charge in [-0.1, -0.05) is 0 Å². The second kappa shape index (κ2) is 6.32. The van der Waals surface area contributed by atoms with Crippen LogP contribution in [0.1, 0.15) is 52.0 Å². The van der Waals surface area contributed by atoms with Crippen LogP contribution < -0.4 is 5.32 Å². The third-order valence-electron chi connectivity index (χ3n) is 3.77. The number of aryl methyl sites for hydroxylation is 2. The standard InChI is InChI=1S/C17H20N4O2/c1-10-8-15(20-11(2)19-10)18-9-13-6-7-14(17(22)23-3)16(21-13)12-4-5-12/h6-8,12H,4-5,9H2,1-3H3,(H,18,19,20). The molecule has 1 aliphatic rings. The van der Waals surface area contributed by atoms with Crippen LogP contribution in [0.3, 0.4) is 0 Å². The predicted molar refractivity (Wildman–Crippen MR) is 86.4 cm³/mol. The maximum Gasteiger partial charge on any atom is 0.339 e. The Morgan fingerprint density at radius 1 is 1.26 bits per heavy atom. The number of ether oxygens (including phenoxy) is 1. The molecule has 0 saturated heterocycles. The van der Waals surface area contributed by atoms with Gasteiger partial charge in [0.1, 0.15) is 11.6 Å². The molecule has 1 aliphatic carbocycles. The summed E-state index contributed by atoms with van der Waals surface area (Å²) in [5.41, 5.74) is 3.24. The number of nitrogens with one attached hydrogen (secondary N) is 1. The van der Waals surface area contributed by atoms with E-state index in [1.54, 1.807) is 6.07 Å². The Labute approximate surface area is 135 Å². The number of carbonyl (C=O) groups is 1. The Bertz CT molecular complexity index is 721. The SMILES string of the molecule is COC(=O)c1ccc(CNc2cc(C)nc(C)n2)nc1C1CC1. The van der Waals surface area contributed by atoms with Gasteiger partial charge < -0.3 is 10.1 Å². The molecule has 0 aromatic carbocycles. The van der Waals surface area contributed by atoms with Crippen molar-refractivity contribution in [1.82, 2.24) is 15.0 Å². The van der Waals surface area contributed by atoms with Crippen molar-refractivity contribution >= 4 is 11.8 Å². The van der Waals surface area contributed by atoms with Crippen molar-refractivity contribution in [3.63, 3.8) is 0 Å². The van der Waals surface area contributed by atoms with Gasteiger partial charge in [0.05, 0.1) is 30.6 Å². The van der Waals surface area contributed by atoms with E-state index < -0.39 is 0 Å². The minimum atomic E-state index is -0.319. The largest absolute Gasteiger partial charge is 0.465 e. The zero-order chi connectivity index (χ0) is 16.4. The van der Waals surface area contributed by atoms with E-state index in [1.165, 1.54) is 7.11 Å². The van der Waals surface area contributed by atoms with E-state index in [9.17, 15) is 4.79 Å². The van der Waals surface area contributed by atoms with Crippen molar-refractivity contribution in [2.45, 2.75) is 39.2 Å². The van der Waals surface area contributed by atoms with E-state index in [4.69, 9.17) is 4.74 Å². The van der Waals surface area contributed by atoms with Gasteiger partial charge in [-0.2, -0.15) is 0 Å². The van der Waals surface area contributed by atoms with Gasteiger partial charge in [-0.25, -0.2) is 14.8 Å². The predicted octanol–water partition coefficient (Wildman–Crippen LogP) is 2.76. The highest BCUT2D eigenvalue weighted by molar-refractivity contribution is 5.90. The van der Waals surface area contributed by atoms with Crippen molar-refractivity contribution in [3.05, 3.63) is 46.7 Å². The Kier molecular flexibility index (Phi) is 4.23. The summed E-state index contributed by atoms with van der Waals surface area (Å²) in [6.45, 7) is 4.36. The van der Waals surface area contributed by atoms with Crippen LogP contribution in [0.5, 0.6) is 0 Å². The number of methoxy groups -OCH3 is 1. The van der Waals surface area contributed by atoms with E-state index in [0.29, 0.717) is 18.0 Å². The van der Waals surface area contributed by atoms with Gasteiger partial charge in [-0.3, -0.25) is 4.98 Å². The molecule has 1 N–H and O–H groups in total. The van der Waals surface area contributed by atoms with Crippen molar-refractivity contribution in [1.29, 1.82) is 0 Å². The fourth-order valence-electron chi connectivity index (χ4n) is 2.55. The number of hydrogen-bond donors (Lipinski definition) is 1. The molecule has 23 heavy (non-hydrogen) atoms. The Balaban J connectivity index is 1.78. The quantitative estimate of drug-likeness (QED) is 0.855. The molecule has 6 nitrogen and oxygen atoms in total. The molecule has 6 heteroatoms. The summed E-state index contributed by atoms with van der Waals surface area (Å²) in [5, 5.41) is 3.26. The number of hydrogen-bond acceptors (Lipinski definition) is 6. The van der Waals surface area contributed by atoms with E-state index in [-0.39, 0.29) is 5.97 Å². The van der Waals surface area contributed by atoms with Crippen LogP contribution in [0.25, 0.3) is 0 Å². The summed E-state index contributed by atoms with van der Waals surface area (Å²) in [6, 6.07) is 5.56. The highest BCUT2D eigenvalue weighted by atomic mass is 16.5. The van der Waals surface area contributed by atoms with Crippen molar-refractivity contribution < 1.29 is 9.53 Å². The van der Waals surface area contributed by atoms with Gasteiger partial charge in [0.2, 0.25) is 0 Å². The van der Waals surface area contributed by atoms with Gasteiger partial charge >= 0.3 is 5.97 Å².